The average Bonchev–Trinajstić information content (AvgIpc) is 2.58. The zero-order chi connectivity index (χ0) is 13.0. The molecular formula is C11H16N2O3S. The van der Waals surface area contributed by atoms with Gasteiger partial charge in [0.05, 0.1) is 5.75 Å². The van der Waals surface area contributed by atoms with Crippen LogP contribution in [0, 0.1) is 0 Å². The summed E-state index contributed by atoms with van der Waals surface area (Å²) in [5.74, 6) is 1.85. The Kier molecular flexibility index (Phi) is 4.62. The molecule has 1 heterocycles. The van der Waals surface area contributed by atoms with Crippen molar-refractivity contribution in [2.75, 3.05) is 19.8 Å². The molecule has 0 aromatic carbocycles. The summed E-state index contributed by atoms with van der Waals surface area (Å²) in [6.07, 6.45) is 0. The van der Waals surface area contributed by atoms with Crippen LogP contribution in [0.1, 0.15) is 12.7 Å². The van der Waals surface area contributed by atoms with Crippen molar-refractivity contribution in [2.45, 2.75) is 12.7 Å². The van der Waals surface area contributed by atoms with Crippen molar-refractivity contribution < 1.29 is 9.32 Å². The van der Waals surface area contributed by atoms with Gasteiger partial charge in [0.2, 0.25) is 0 Å². The van der Waals surface area contributed by atoms with E-state index in [0.29, 0.717) is 11.5 Å². The fraction of sp³-hybridized carbons (Fsp3) is 0.455. The van der Waals surface area contributed by atoms with Gasteiger partial charge >= 0.3 is 6.03 Å². The van der Waals surface area contributed by atoms with Crippen LogP contribution in [0.3, 0.4) is 0 Å². The Morgan fingerprint density at radius 2 is 2.24 bits per heavy atom. The Hall–Kier alpha value is -1.43. The van der Waals surface area contributed by atoms with Crippen molar-refractivity contribution in [2.24, 2.45) is 0 Å². The Morgan fingerprint density at radius 1 is 1.59 bits per heavy atom. The van der Waals surface area contributed by atoms with E-state index in [1.807, 2.05) is 6.92 Å². The molecule has 94 valence electrons. The second kappa shape index (κ2) is 5.77. The first kappa shape index (κ1) is 13.6. The number of amides is 1. The number of aromatic nitrogens is 1. The molecule has 0 saturated heterocycles. The second-order valence-corrected chi connectivity index (χ2v) is 4.95. The highest BCUT2D eigenvalue weighted by molar-refractivity contribution is 7.98. The number of nitrogens with zero attached hydrogens (tertiary/aromatic N) is 2. The number of hydrogen-bond acceptors (Lipinski definition) is 4. The molecule has 0 fully saturated rings. The third-order valence-corrected chi connectivity index (χ3v) is 3.03. The van der Waals surface area contributed by atoms with Gasteiger partial charge in [0.1, 0.15) is 5.76 Å². The van der Waals surface area contributed by atoms with Gasteiger partial charge in [-0.3, -0.25) is 4.79 Å². The zero-order valence-corrected chi connectivity index (χ0v) is 11.0. The molecule has 6 heteroatoms. The topological polar surface area (TPSA) is 55.5 Å². The van der Waals surface area contributed by atoms with E-state index in [1.54, 1.807) is 25.9 Å². The van der Waals surface area contributed by atoms with E-state index in [2.05, 4.69) is 6.58 Å². The van der Waals surface area contributed by atoms with E-state index in [-0.39, 0.29) is 0 Å². The third kappa shape index (κ3) is 3.81. The van der Waals surface area contributed by atoms with Gasteiger partial charge in [-0.2, -0.15) is 0 Å². The van der Waals surface area contributed by atoms with Gasteiger partial charge in [0.15, 0.2) is 0 Å². The molecule has 0 unspecified atom stereocenters. The zero-order valence-electron chi connectivity index (χ0n) is 10.2. The maximum Gasteiger partial charge on any atom is 0.360 e. The van der Waals surface area contributed by atoms with Crippen LogP contribution in [-0.4, -0.2) is 35.5 Å². The SMILES string of the molecule is C=C(C)CSCc1cc(=O)n(C(=O)N(C)C)o1. The van der Waals surface area contributed by atoms with Gasteiger partial charge in [-0.15, -0.1) is 11.8 Å². The molecule has 0 saturated carbocycles. The molecule has 1 aromatic heterocycles. The molecule has 0 bridgehead atoms. The molecule has 1 amide bonds. The molecule has 0 aliphatic heterocycles. The van der Waals surface area contributed by atoms with Gasteiger partial charge in [-0.25, -0.2) is 4.79 Å². The molecule has 0 radical (unpaired) electrons. The van der Waals surface area contributed by atoms with Gasteiger partial charge < -0.3 is 9.42 Å². The van der Waals surface area contributed by atoms with Crippen LogP contribution < -0.4 is 5.56 Å². The monoisotopic (exact) mass is 256 g/mol. The quantitative estimate of drug-likeness (QED) is 0.771. The van der Waals surface area contributed by atoms with Crippen LogP contribution in [-0.2, 0) is 5.75 Å². The summed E-state index contributed by atoms with van der Waals surface area (Å²) >= 11 is 1.59. The van der Waals surface area contributed by atoms with Crippen molar-refractivity contribution in [3.63, 3.8) is 0 Å². The van der Waals surface area contributed by atoms with Gasteiger partial charge in [0.25, 0.3) is 5.56 Å². The summed E-state index contributed by atoms with van der Waals surface area (Å²) in [4.78, 5) is 24.3. The summed E-state index contributed by atoms with van der Waals surface area (Å²) in [5.41, 5.74) is 0.621. The van der Waals surface area contributed by atoms with Gasteiger partial charge in [-0.1, -0.05) is 16.9 Å². The summed E-state index contributed by atoms with van der Waals surface area (Å²) < 4.78 is 5.94. The molecule has 0 spiro atoms. The van der Waals surface area contributed by atoms with E-state index in [4.69, 9.17) is 4.52 Å². The molecule has 0 aliphatic rings. The maximum absolute atomic E-state index is 11.5. The van der Waals surface area contributed by atoms with Gasteiger partial charge in [-0.05, 0) is 6.92 Å². The highest BCUT2D eigenvalue weighted by Gasteiger charge is 2.14. The van der Waals surface area contributed by atoms with E-state index >= 15 is 0 Å². The fourth-order valence-electron chi connectivity index (χ4n) is 1.09. The Morgan fingerprint density at radius 3 is 2.76 bits per heavy atom. The largest absolute Gasteiger partial charge is 0.371 e. The fourth-order valence-corrected chi connectivity index (χ4v) is 1.88. The lowest BCUT2D eigenvalue weighted by molar-refractivity contribution is 0.182. The molecule has 0 N–H and O–H groups in total. The number of thioether (sulfide) groups is 1. The Labute approximate surface area is 104 Å². The van der Waals surface area contributed by atoms with Crippen molar-refractivity contribution >= 4 is 17.8 Å². The summed E-state index contributed by atoms with van der Waals surface area (Å²) in [6, 6.07) is 0.860. The minimum atomic E-state index is -0.480. The number of carbonyl (C=O) groups is 1. The lowest BCUT2D eigenvalue weighted by Gasteiger charge is -2.07. The van der Waals surface area contributed by atoms with Crippen LogP contribution in [0.2, 0.25) is 0 Å². The van der Waals surface area contributed by atoms with Crippen LogP contribution in [0.15, 0.2) is 27.5 Å². The van der Waals surface area contributed by atoms with Crippen LogP contribution in [0.4, 0.5) is 4.79 Å². The minimum Gasteiger partial charge on any atom is -0.371 e. The molecular weight excluding hydrogens is 240 g/mol. The molecule has 1 aromatic rings. The molecule has 0 atom stereocenters. The number of carbonyl (C=O) groups excluding carboxylic acids is 1. The van der Waals surface area contributed by atoms with E-state index in [9.17, 15) is 9.59 Å². The maximum atomic E-state index is 11.5. The second-order valence-electron chi connectivity index (χ2n) is 3.96. The standard InChI is InChI=1S/C11H16N2O3S/c1-8(2)6-17-7-9-5-10(14)13(16-9)11(15)12(3)4/h5H,1,6-7H2,2-4H3. The molecule has 1 rings (SSSR count). The molecule has 0 aliphatic carbocycles. The summed E-state index contributed by atoms with van der Waals surface area (Å²) in [5, 5.41) is 0. The smallest absolute Gasteiger partial charge is 0.360 e. The summed E-state index contributed by atoms with van der Waals surface area (Å²) in [6.45, 7) is 5.72. The highest BCUT2D eigenvalue weighted by Crippen LogP contribution is 2.13. The van der Waals surface area contributed by atoms with E-state index < -0.39 is 11.6 Å². The first-order valence-corrected chi connectivity index (χ1v) is 6.23. The van der Waals surface area contributed by atoms with Crippen molar-refractivity contribution in [3.05, 3.63) is 34.3 Å². The number of hydrogen-bond donors (Lipinski definition) is 0. The third-order valence-electron chi connectivity index (χ3n) is 1.84. The van der Waals surface area contributed by atoms with Crippen molar-refractivity contribution in [3.8, 4) is 0 Å². The predicted octanol–water partition coefficient (Wildman–Crippen LogP) is 1.78. The van der Waals surface area contributed by atoms with E-state index in [1.165, 1.54) is 11.0 Å². The molecule has 5 nitrogen and oxygen atoms in total. The Balaban J connectivity index is 2.72. The van der Waals surface area contributed by atoms with Crippen molar-refractivity contribution in [1.82, 2.24) is 9.64 Å². The van der Waals surface area contributed by atoms with E-state index in [0.717, 1.165) is 16.1 Å². The van der Waals surface area contributed by atoms with Gasteiger partial charge in [0, 0.05) is 25.9 Å². The minimum absolute atomic E-state index is 0.436. The van der Waals surface area contributed by atoms with Crippen LogP contribution in [0.25, 0.3) is 0 Å². The summed E-state index contributed by atoms with van der Waals surface area (Å²) in [7, 11) is 3.12. The lowest BCUT2D eigenvalue weighted by Crippen LogP contribution is -2.32. The van der Waals surface area contributed by atoms with Crippen LogP contribution in [0.5, 0.6) is 0 Å². The average molecular weight is 256 g/mol. The lowest BCUT2D eigenvalue weighted by atomic mass is 10.4. The first-order chi connectivity index (χ1) is 7.91. The molecule has 17 heavy (non-hydrogen) atoms. The predicted molar refractivity (Wildman–Crippen MR) is 68.4 cm³/mol. The normalized spacial score (nSPS) is 10.3. The van der Waals surface area contributed by atoms with Crippen LogP contribution >= 0.6 is 11.8 Å². The highest BCUT2D eigenvalue weighted by atomic mass is 32.2. The van der Waals surface area contributed by atoms with Crippen molar-refractivity contribution in [1.29, 1.82) is 0 Å². The Bertz CT molecular complexity index is 473. The first-order valence-electron chi connectivity index (χ1n) is 5.08. The number of rotatable bonds is 4.